The molecular weight excluding hydrogens is 374 g/mol. The quantitative estimate of drug-likeness (QED) is 0.700. The van der Waals surface area contributed by atoms with Gasteiger partial charge in [0.25, 0.3) is 0 Å². The van der Waals surface area contributed by atoms with Crippen molar-refractivity contribution in [1.29, 1.82) is 0 Å². The van der Waals surface area contributed by atoms with Crippen LogP contribution in [0.25, 0.3) is 11.1 Å². The fraction of sp³-hybridized carbons (Fsp3) is 0.182. The first-order valence-electron chi connectivity index (χ1n) is 8.97. The molecule has 3 aromatic rings. The van der Waals surface area contributed by atoms with Crippen LogP contribution in [0.5, 0.6) is 0 Å². The summed E-state index contributed by atoms with van der Waals surface area (Å²) in [6.45, 7) is 0.137. The smallest absolute Gasteiger partial charge is 0.407 e. The van der Waals surface area contributed by atoms with E-state index >= 15 is 0 Å². The van der Waals surface area contributed by atoms with Gasteiger partial charge in [0.05, 0.1) is 12.0 Å². The van der Waals surface area contributed by atoms with E-state index in [4.69, 9.17) is 4.74 Å². The van der Waals surface area contributed by atoms with Crippen molar-refractivity contribution in [3.8, 4) is 11.1 Å². The molecule has 0 radical (unpaired) electrons. The number of carbonyl (C=O) groups excluding carboxylic acids is 2. The molecule has 1 heterocycles. The minimum atomic E-state index is -1.33. The molecule has 0 fully saturated rings. The number of carbonyl (C=O) groups is 2. The summed E-state index contributed by atoms with van der Waals surface area (Å²) in [5, 5.41) is 17.5. The standard InChI is InChI=1S/C22H19NO4S/c24-21(25)20(11-14-9-10-28-13-14)23-22(26)27-12-19-17-7-3-1-5-15(17)16-6-2-4-8-18(16)19/h1-10,13,19-20H,11-12H2,(H,23,26)(H,24,25)/p-1/t20-/m0/s1. The van der Waals surface area contributed by atoms with Gasteiger partial charge < -0.3 is 20.0 Å². The molecule has 1 N–H and O–H groups in total. The van der Waals surface area contributed by atoms with Crippen LogP contribution in [0.15, 0.2) is 65.4 Å². The second kappa shape index (κ2) is 7.86. The maximum absolute atomic E-state index is 12.2. The van der Waals surface area contributed by atoms with Crippen LogP contribution >= 0.6 is 11.3 Å². The number of rotatable bonds is 6. The summed E-state index contributed by atoms with van der Waals surface area (Å²) in [6.07, 6.45) is -0.595. The van der Waals surface area contributed by atoms with Crippen molar-refractivity contribution in [1.82, 2.24) is 5.32 Å². The zero-order valence-corrected chi connectivity index (χ0v) is 15.8. The molecule has 0 saturated carbocycles. The Bertz CT molecular complexity index is 954. The molecule has 0 bridgehead atoms. The molecule has 6 heteroatoms. The number of hydrogen-bond acceptors (Lipinski definition) is 5. The summed E-state index contributed by atoms with van der Waals surface area (Å²) in [4.78, 5) is 23.6. The van der Waals surface area contributed by atoms with Gasteiger partial charge in [-0.2, -0.15) is 11.3 Å². The monoisotopic (exact) mass is 392 g/mol. The molecule has 1 atom stereocenters. The Labute approximate surface area is 166 Å². The van der Waals surface area contributed by atoms with Gasteiger partial charge in [-0.15, -0.1) is 0 Å². The highest BCUT2D eigenvalue weighted by atomic mass is 32.1. The average Bonchev–Trinajstić information content (AvgIpc) is 3.32. The number of carboxylic acid groups (broad SMARTS) is 1. The van der Waals surface area contributed by atoms with Crippen LogP contribution in [0.2, 0.25) is 0 Å². The Balaban J connectivity index is 1.44. The number of aliphatic carboxylic acids is 1. The van der Waals surface area contributed by atoms with Crippen LogP contribution < -0.4 is 10.4 Å². The van der Waals surface area contributed by atoms with Crippen LogP contribution in [-0.2, 0) is 16.0 Å². The number of fused-ring (bicyclic) bond motifs is 3. The van der Waals surface area contributed by atoms with E-state index in [9.17, 15) is 14.7 Å². The van der Waals surface area contributed by atoms with E-state index in [1.807, 2.05) is 53.2 Å². The lowest BCUT2D eigenvalue weighted by atomic mass is 9.98. The van der Waals surface area contributed by atoms with E-state index < -0.39 is 18.1 Å². The Morgan fingerprint density at radius 2 is 1.68 bits per heavy atom. The van der Waals surface area contributed by atoms with E-state index in [1.54, 1.807) is 0 Å². The van der Waals surface area contributed by atoms with Crippen molar-refractivity contribution >= 4 is 23.4 Å². The van der Waals surface area contributed by atoms with E-state index in [2.05, 4.69) is 17.4 Å². The third-order valence-corrected chi connectivity index (χ3v) is 5.67. The Morgan fingerprint density at radius 3 is 2.25 bits per heavy atom. The third kappa shape index (κ3) is 3.64. The largest absolute Gasteiger partial charge is 0.548 e. The number of carboxylic acids is 1. The minimum Gasteiger partial charge on any atom is -0.548 e. The number of hydrogen-bond donors (Lipinski definition) is 1. The first-order chi connectivity index (χ1) is 13.6. The molecule has 0 spiro atoms. The normalized spacial score (nSPS) is 13.4. The van der Waals surface area contributed by atoms with Crippen LogP contribution in [-0.4, -0.2) is 24.7 Å². The van der Waals surface area contributed by atoms with Crippen molar-refractivity contribution in [2.75, 3.05) is 6.61 Å². The predicted octanol–water partition coefficient (Wildman–Crippen LogP) is 2.95. The number of ether oxygens (including phenoxy) is 1. The molecule has 0 unspecified atom stereocenters. The molecule has 142 valence electrons. The van der Waals surface area contributed by atoms with Gasteiger partial charge >= 0.3 is 6.09 Å². The summed E-state index contributed by atoms with van der Waals surface area (Å²) in [5.41, 5.74) is 5.31. The van der Waals surface area contributed by atoms with Crippen LogP contribution in [0.1, 0.15) is 22.6 Å². The summed E-state index contributed by atoms with van der Waals surface area (Å²) in [6, 6.07) is 16.8. The molecule has 28 heavy (non-hydrogen) atoms. The maximum Gasteiger partial charge on any atom is 0.407 e. The number of thiophene rings is 1. The van der Waals surface area contributed by atoms with Crippen molar-refractivity contribution in [3.63, 3.8) is 0 Å². The molecule has 1 aliphatic carbocycles. The molecule has 2 aromatic carbocycles. The van der Waals surface area contributed by atoms with E-state index in [0.717, 1.165) is 27.8 Å². The number of amides is 1. The van der Waals surface area contributed by atoms with Crippen molar-refractivity contribution in [2.45, 2.75) is 18.4 Å². The topological polar surface area (TPSA) is 78.5 Å². The van der Waals surface area contributed by atoms with Gasteiger partial charge in [-0.25, -0.2) is 4.79 Å². The molecule has 0 aliphatic heterocycles. The highest BCUT2D eigenvalue weighted by Gasteiger charge is 2.29. The fourth-order valence-corrected chi connectivity index (χ4v) is 4.30. The summed E-state index contributed by atoms with van der Waals surface area (Å²) < 4.78 is 5.40. The SMILES string of the molecule is O=C(N[C@@H](Cc1ccsc1)C(=O)[O-])OCC1c2ccccc2-c2ccccc21. The van der Waals surface area contributed by atoms with Crippen molar-refractivity contribution in [2.24, 2.45) is 0 Å². The van der Waals surface area contributed by atoms with Gasteiger partial charge in [-0.05, 0) is 51.1 Å². The highest BCUT2D eigenvalue weighted by Crippen LogP contribution is 2.44. The zero-order valence-electron chi connectivity index (χ0n) is 15.0. The van der Waals surface area contributed by atoms with Gasteiger partial charge in [-0.1, -0.05) is 48.5 Å². The Kier molecular flexibility index (Phi) is 5.12. The molecular formula is C22H18NO4S-. The van der Waals surface area contributed by atoms with Crippen molar-refractivity contribution in [3.05, 3.63) is 82.0 Å². The lowest BCUT2D eigenvalue weighted by Gasteiger charge is -2.20. The van der Waals surface area contributed by atoms with E-state index in [-0.39, 0.29) is 18.9 Å². The third-order valence-electron chi connectivity index (χ3n) is 4.94. The zero-order chi connectivity index (χ0) is 19.5. The lowest BCUT2D eigenvalue weighted by Crippen LogP contribution is -2.49. The Hall–Kier alpha value is -3.12. The lowest BCUT2D eigenvalue weighted by molar-refractivity contribution is -0.308. The molecule has 1 aromatic heterocycles. The first kappa shape index (κ1) is 18.3. The Morgan fingerprint density at radius 1 is 1.04 bits per heavy atom. The second-order valence-electron chi connectivity index (χ2n) is 6.68. The van der Waals surface area contributed by atoms with Gasteiger partial charge in [-0.3, -0.25) is 0 Å². The fourth-order valence-electron chi connectivity index (χ4n) is 3.62. The molecule has 0 saturated heterocycles. The number of alkyl carbamates (subject to hydrolysis) is 1. The number of benzene rings is 2. The molecule has 5 nitrogen and oxygen atoms in total. The van der Waals surface area contributed by atoms with Gasteiger partial charge in [0.1, 0.15) is 6.61 Å². The van der Waals surface area contributed by atoms with E-state index in [0.29, 0.717) is 0 Å². The molecule has 1 aliphatic rings. The van der Waals surface area contributed by atoms with Gasteiger partial charge in [0.2, 0.25) is 0 Å². The summed E-state index contributed by atoms with van der Waals surface area (Å²) >= 11 is 1.47. The average molecular weight is 392 g/mol. The molecule has 1 amide bonds. The molecule has 4 rings (SSSR count). The van der Waals surface area contributed by atoms with Crippen LogP contribution in [0, 0.1) is 0 Å². The number of nitrogens with one attached hydrogen (secondary N) is 1. The second-order valence-corrected chi connectivity index (χ2v) is 7.46. The van der Waals surface area contributed by atoms with Gasteiger partial charge in [0, 0.05) is 5.92 Å². The minimum absolute atomic E-state index is 0.0728. The van der Waals surface area contributed by atoms with Crippen LogP contribution in [0.3, 0.4) is 0 Å². The summed E-state index contributed by atoms with van der Waals surface area (Å²) in [7, 11) is 0. The highest BCUT2D eigenvalue weighted by molar-refractivity contribution is 7.07. The van der Waals surface area contributed by atoms with Gasteiger partial charge in [0.15, 0.2) is 0 Å². The van der Waals surface area contributed by atoms with Crippen molar-refractivity contribution < 1.29 is 19.4 Å². The first-order valence-corrected chi connectivity index (χ1v) is 9.91. The maximum atomic E-state index is 12.2. The predicted molar refractivity (Wildman–Crippen MR) is 105 cm³/mol. The summed E-state index contributed by atoms with van der Waals surface area (Å²) in [5.74, 6) is -1.41. The van der Waals surface area contributed by atoms with Crippen LogP contribution in [0.4, 0.5) is 4.79 Å². The van der Waals surface area contributed by atoms with E-state index in [1.165, 1.54) is 11.3 Å².